The Labute approximate surface area is 198 Å². The first-order valence-corrected chi connectivity index (χ1v) is 11.6. The van der Waals surface area contributed by atoms with Gasteiger partial charge in [-0.3, -0.25) is 14.6 Å². The number of aliphatic imine (C=N–C) groups is 1. The number of hydrogen-bond donors (Lipinski definition) is 0. The molecule has 4 nitrogen and oxygen atoms in total. The maximum absolute atomic E-state index is 14.2. The predicted octanol–water partition coefficient (Wildman–Crippen LogP) is 6.25. The number of carbonyl (C=O) groups is 2. The lowest BCUT2D eigenvalue weighted by Gasteiger charge is -2.36. The van der Waals surface area contributed by atoms with E-state index < -0.39 is 23.6 Å². The number of nitrogens with zero attached hydrogens (tertiary/aromatic N) is 1. The minimum Gasteiger partial charge on any atom is -0.465 e. The van der Waals surface area contributed by atoms with E-state index in [1.165, 1.54) is 12.1 Å². The largest absolute Gasteiger partial charge is 0.465 e. The van der Waals surface area contributed by atoms with Crippen LogP contribution in [-0.4, -0.2) is 24.1 Å². The molecule has 2 aromatic rings. The van der Waals surface area contributed by atoms with Gasteiger partial charge in [-0.1, -0.05) is 49.7 Å². The molecular weight excluding hydrogens is 441 g/mol. The van der Waals surface area contributed by atoms with Crippen molar-refractivity contribution in [2.45, 2.75) is 45.4 Å². The van der Waals surface area contributed by atoms with Crippen LogP contribution >= 0.6 is 11.6 Å². The van der Waals surface area contributed by atoms with E-state index in [0.717, 1.165) is 5.56 Å². The highest BCUT2D eigenvalue weighted by atomic mass is 35.5. The number of halogens is 2. The Bertz CT molecular complexity index is 1140. The molecule has 0 saturated heterocycles. The molecule has 0 saturated carbocycles. The zero-order valence-electron chi connectivity index (χ0n) is 19.0. The third kappa shape index (κ3) is 4.93. The van der Waals surface area contributed by atoms with Crippen molar-refractivity contribution < 1.29 is 18.7 Å². The fraction of sp³-hybridized carbons (Fsp3) is 0.370. The Morgan fingerprint density at radius 1 is 1.15 bits per heavy atom. The Morgan fingerprint density at radius 3 is 2.55 bits per heavy atom. The molecule has 2 aromatic carbocycles. The van der Waals surface area contributed by atoms with Gasteiger partial charge in [0.15, 0.2) is 5.78 Å². The molecular formula is C27H27ClFNO3. The zero-order valence-corrected chi connectivity index (χ0v) is 19.7. The van der Waals surface area contributed by atoms with Crippen molar-refractivity contribution in [1.82, 2.24) is 0 Å². The van der Waals surface area contributed by atoms with Crippen molar-refractivity contribution in [3.63, 3.8) is 0 Å². The minimum atomic E-state index is -0.764. The fourth-order valence-corrected chi connectivity index (χ4v) is 4.86. The van der Waals surface area contributed by atoms with Gasteiger partial charge in [-0.05, 0) is 60.6 Å². The summed E-state index contributed by atoms with van der Waals surface area (Å²) >= 11 is 6.03. The van der Waals surface area contributed by atoms with Crippen LogP contribution in [0.5, 0.6) is 0 Å². The zero-order chi connectivity index (χ0) is 23.7. The third-order valence-corrected chi connectivity index (χ3v) is 6.50. The van der Waals surface area contributed by atoms with E-state index in [1.54, 1.807) is 19.1 Å². The molecule has 6 heteroatoms. The molecule has 172 valence electrons. The lowest BCUT2D eigenvalue weighted by Crippen LogP contribution is -2.38. The molecule has 3 atom stereocenters. The van der Waals surface area contributed by atoms with E-state index in [0.29, 0.717) is 40.4 Å². The summed E-state index contributed by atoms with van der Waals surface area (Å²) in [6.45, 7) is 5.98. The van der Waals surface area contributed by atoms with Crippen molar-refractivity contribution in [2.75, 3.05) is 6.61 Å². The van der Waals surface area contributed by atoms with Gasteiger partial charge < -0.3 is 4.74 Å². The van der Waals surface area contributed by atoms with Crippen LogP contribution in [0.2, 0.25) is 5.02 Å². The average molecular weight is 468 g/mol. The average Bonchev–Trinajstić information content (AvgIpc) is 2.76. The van der Waals surface area contributed by atoms with Crippen LogP contribution in [0, 0.1) is 17.7 Å². The van der Waals surface area contributed by atoms with E-state index in [-0.39, 0.29) is 24.2 Å². The van der Waals surface area contributed by atoms with E-state index in [2.05, 4.69) is 0 Å². The number of ketones is 1. The maximum Gasteiger partial charge on any atom is 0.315 e. The summed E-state index contributed by atoms with van der Waals surface area (Å²) in [5.41, 5.74) is 3.37. The summed E-state index contributed by atoms with van der Waals surface area (Å²) in [5, 5.41) is 0.640. The topological polar surface area (TPSA) is 55.7 Å². The molecule has 0 bridgehead atoms. The summed E-state index contributed by atoms with van der Waals surface area (Å²) in [6, 6.07) is 13.6. The Kier molecular flexibility index (Phi) is 6.80. The number of benzene rings is 2. The molecule has 2 aliphatic rings. The molecule has 1 heterocycles. The second kappa shape index (κ2) is 9.60. The van der Waals surface area contributed by atoms with Gasteiger partial charge in [0.2, 0.25) is 0 Å². The summed E-state index contributed by atoms with van der Waals surface area (Å²) in [7, 11) is 0. The fourth-order valence-electron chi connectivity index (χ4n) is 4.73. The van der Waals surface area contributed by atoms with Crippen LogP contribution in [0.3, 0.4) is 0 Å². The van der Waals surface area contributed by atoms with Crippen molar-refractivity contribution in [2.24, 2.45) is 16.8 Å². The first-order chi connectivity index (χ1) is 15.7. The highest BCUT2D eigenvalue weighted by Crippen LogP contribution is 2.47. The quantitative estimate of drug-likeness (QED) is 0.488. The van der Waals surface area contributed by atoms with Gasteiger partial charge in [-0.2, -0.15) is 0 Å². The molecule has 1 aliphatic heterocycles. The van der Waals surface area contributed by atoms with E-state index >= 15 is 0 Å². The van der Waals surface area contributed by atoms with E-state index in [9.17, 15) is 14.0 Å². The van der Waals surface area contributed by atoms with Crippen LogP contribution in [0.4, 0.5) is 4.39 Å². The van der Waals surface area contributed by atoms with Gasteiger partial charge in [0.1, 0.15) is 11.7 Å². The lowest BCUT2D eigenvalue weighted by atomic mass is 9.69. The maximum atomic E-state index is 14.2. The second-order valence-electron chi connectivity index (χ2n) is 9.23. The molecule has 0 amide bonds. The van der Waals surface area contributed by atoms with Gasteiger partial charge in [0.25, 0.3) is 0 Å². The van der Waals surface area contributed by atoms with Crippen LogP contribution in [0.15, 0.2) is 64.8 Å². The number of hydrogen-bond acceptors (Lipinski definition) is 4. The Morgan fingerprint density at radius 2 is 1.88 bits per heavy atom. The van der Waals surface area contributed by atoms with Crippen LogP contribution in [0.1, 0.15) is 56.6 Å². The summed E-state index contributed by atoms with van der Waals surface area (Å²) in [5.74, 6) is -2.14. The molecule has 1 aliphatic carbocycles. The van der Waals surface area contributed by atoms with Crippen molar-refractivity contribution in [3.05, 3.63) is 81.8 Å². The van der Waals surface area contributed by atoms with Gasteiger partial charge in [-0.25, -0.2) is 4.39 Å². The smallest absolute Gasteiger partial charge is 0.315 e. The second-order valence-corrected chi connectivity index (χ2v) is 9.66. The van der Waals surface area contributed by atoms with Crippen LogP contribution in [0.25, 0.3) is 0 Å². The standard InChI is InChI=1S/C27H27ClFNO3/c1-15(2)14-33-27(32)24-16(3)30-22-12-19(17-7-9-20(28)10-8-17)13-23(31)26(22)25(24)18-5-4-6-21(29)11-18/h4-11,15,19,24-25H,12-14H2,1-3H3/t19-,24?,25-/m1/s1. The first kappa shape index (κ1) is 23.4. The number of rotatable bonds is 5. The van der Waals surface area contributed by atoms with Gasteiger partial charge in [0, 0.05) is 34.3 Å². The molecule has 33 heavy (non-hydrogen) atoms. The molecule has 0 fully saturated rings. The van der Waals surface area contributed by atoms with Crippen molar-refractivity contribution >= 4 is 29.1 Å². The lowest BCUT2D eigenvalue weighted by molar-refractivity contribution is -0.147. The normalized spacial score (nSPS) is 22.8. The van der Waals surface area contributed by atoms with E-state index in [4.69, 9.17) is 21.3 Å². The van der Waals surface area contributed by atoms with Gasteiger partial charge >= 0.3 is 5.97 Å². The van der Waals surface area contributed by atoms with Crippen molar-refractivity contribution in [1.29, 1.82) is 0 Å². The Hall–Kier alpha value is -2.79. The van der Waals surface area contributed by atoms with E-state index in [1.807, 2.05) is 38.1 Å². The number of allylic oxidation sites excluding steroid dienone is 2. The molecule has 0 spiro atoms. The van der Waals surface area contributed by atoms with Gasteiger partial charge in [0.05, 0.1) is 6.61 Å². The molecule has 0 radical (unpaired) electrons. The van der Waals surface area contributed by atoms with Crippen LogP contribution in [-0.2, 0) is 14.3 Å². The summed E-state index contributed by atoms with van der Waals surface area (Å²) in [4.78, 5) is 31.4. The number of carbonyl (C=O) groups excluding carboxylic acids is 2. The number of ether oxygens (including phenoxy) is 1. The summed E-state index contributed by atoms with van der Waals surface area (Å²) in [6.07, 6.45) is 0.869. The minimum absolute atomic E-state index is 0.0253. The third-order valence-electron chi connectivity index (χ3n) is 6.25. The first-order valence-electron chi connectivity index (χ1n) is 11.2. The predicted molar refractivity (Wildman–Crippen MR) is 127 cm³/mol. The Balaban J connectivity index is 1.76. The molecule has 0 aromatic heterocycles. The highest BCUT2D eigenvalue weighted by Gasteiger charge is 2.44. The SMILES string of the molecule is CC1=NC2=C(C(=O)C[C@H](c3ccc(Cl)cc3)C2)[C@H](c2cccc(F)c2)C1C(=O)OCC(C)C. The molecule has 0 N–H and O–H groups in total. The van der Waals surface area contributed by atoms with Crippen molar-refractivity contribution in [3.8, 4) is 0 Å². The number of Topliss-reactive ketones (excluding diaryl/α,β-unsaturated/α-hetero) is 1. The highest BCUT2D eigenvalue weighted by molar-refractivity contribution is 6.30. The van der Waals surface area contributed by atoms with Crippen LogP contribution < -0.4 is 0 Å². The molecule has 1 unspecified atom stereocenters. The number of esters is 1. The molecule has 4 rings (SSSR count). The monoisotopic (exact) mass is 467 g/mol. The summed E-state index contributed by atoms with van der Waals surface area (Å²) < 4.78 is 19.7. The van der Waals surface area contributed by atoms with Gasteiger partial charge in [-0.15, -0.1) is 0 Å².